The van der Waals surface area contributed by atoms with Gasteiger partial charge in [0, 0.05) is 18.2 Å². The lowest BCUT2D eigenvalue weighted by atomic mass is 10.1. The molecule has 1 heterocycles. The van der Waals surface area contributed by atoms with Gasteiger partial charge in [-0.3, -0.25) is 10.0 Å². The van der Waals surface area contributed by atoms with Gasteiger partial charge in [0.25, 0.3) is 5.91 Å². The molecule has 1 amide bonds. The molecule has 3 aromatic carbocycles. The molecule has 0 radical (unpaired) electrons. The summed E-state index contributed by atoms with van der Waals surface area (Å²) in [5.41, 5.74) is 4.66. The van der Waals surface area contributed by atoms with E-state index in [0.29, 0.717) is 17.9 Å². The number of hydrogen-bond acceptors (Lipinski definition) is 5. The van der Waals surface area contributed by atoms with Crippen molar-refractivity contribution in [3.63, 3.8) is 0 Å². The van der Waals surface area contributed by atoms with Gasteiger partial charge in [-0.1, -0.05) is 24.3 Å². The first-order valence-corrected chi connectivity index (χ1v) is 9.77. The number of carbonyl (C=O) groups is 1. The zero-order valence-corrected chi connectivity index (χ0v) is 15.9. The Morgan fingerprint density at radius 3 is 2.46 bits per heavy atom. The van der Waals surface area contributed by atoms with Crippen LogP contribution in [0.5, 0.6) is 5.75 Å². The molecule has 0 aliphatic carbocycles. The summed E-state index contributed by atoms with van der Waals surface area (Å²) in [5.74, 6) is 0.135. The molecule has 6 nitrogen and oxygen atoms in total. The number of methoxy groups -OCH3 is 1. The summed E-state index contributed by atoms with van der Waals surface area (Å²) in [6.07, 6.45) is 0. The monoisotopic (exact) mass is 394 g/mol. The molecule has 0 spiro atoms. The van der Waals surface area contributed by atoms with E-state index in [1.54, 1.807) is 24.7 Å². The van der Waals surface area contributed by atoms with Crippen LogP contribution in [0.2, 0.25) is 0 Å². The summed E-state index contributed by atoms with van der Waals surface area (Å²) < 4.78 is 18.4. The van der Waals surface area contributed by atoms with E-state index in [1.807, 2.05) is 54.6 Å². The number of hydrogen-bond donors (Lipinski definition) is 2. The van der Waals surface area contributed by atoms with Crippen molar-refractivity contribution in [3.05, 3.63) is 77.9 Å². The molecule has 0 bridgehead atoms. The molecular formula is C21H18N2O4S. The van der Waals surface area contributed by atoms with Crippen molar-refractivity contribution in [2.24, 2.45) is 0 Å². The molecule has 3 aromatic rings. The highest BCUT2D eigenvalue weighted by atomic mass is 32.2. The lowest BCUT2D eigenvalue weighted by molar-refractivity contribution is 0.0706. The highest BCUT2D eigenvalue weighted by Gasteiger charge is 2.28. The summed E-state index contributed by atoms with van der Waals surface area (Å²) >= 11 is 0. The second-order valence-electron chi connectivity index (χ2n) is 6.29. The predicted molar refractivity (Wildman–Crippen MR) is 106 cm³/mol. The summed E-state index contributed by atoms with van der Waals surface area (Å²) in [7, 11) is 0.334. The minimum Gasteiger partial charge on any atom is -0.497 e. The number of fused-ring (bicyclic) bond motifs is 2. The number of ether oxygens (including phenoxy) is 1. The number of benzene rings is 3. The fourth-order valence-electron chi connectivity index (χ4n) is 3.26. The Balaban J connectivity index is 1.77. The van der Waals surface area contributed by atoms with Crippen molar-refractivity contribution in [3.8, 4) is 5.75 Å². The highest BCUT2D eigenvalue weighted by molar-refractivity contribution is 7.85. The number of anilines is 2. The van der Waals surface area contributed by atoms with Crippen molar-refractivity contribution < 1.29 is 18.9 Å². The Labute approximate surface area is 164 Å². The van der Waals surface area contributed by atoms with E-state index in [9.17, 15) is 9.00 Å². The van der Waals surface area contributed by atoms with Crippen molar-refractivity contribution in [1.29, 1.82) is 0 Å². The maximum atomic E-state index is 13.0. The quantitative estimate of drug-likeness (QED) is 0.522. The fourth-order valence-corrected chi connectivity index (χ4v) is 4.61. The van der Waals surface area contributed by atoms with Crippen LogP contribution in [0.1, 0.15) is 15.9 Å². The Kier molecular flexibility index (Phi) is 4.85. The summed E-state index contributed by atoms with van der Waals surface area (Å²) in [4.78, 5) is 15.1. The molecule has 0 saturated heterocycles. The number of para-hydroxylation sites is 1. The summed E-state index contributed by atoms with van der Waals surface area (Å²) in [6, 6.07) is 20.1. The van der Waals surface area contributed by atoms with Gasteiger partial charge < -0.3 is 9.64 Å². The third-order valence-electron chi connectivity index (χ3n) is 4.67. The van der Waals surface area contributed by atoms with Crippen LogP contribution < -0.4 is 15.1 Å². The van der Waals surface area contributed by atoms with Gasteiger partial charge in [0.1, 0.15) is 5.75 Å². The Bertz CT molecular complexity index is 1070. The van der Waals surface area contributed by atoms with Gasteiger partial charge in [-0.05, 0) is 42.0 Å². The normalized spacial score (nSPS) is 14.8. The standard InChI is InChI=1S/C21H18N2O4S/c1-27-16-10-11-20-18(12-16)23(17-4-2-3-5-19(17)28(20)26)13-14-6-8-15(9-7-14)21(24)22-25/h2-12,25H,13H2,1H3,(H,22,24). The van der Waals surface area contributed by atoms with E-state index >= 15 is 0 Å². The fraction of sp³-hybridized carbons (Fsp3) is 0.0952. The predicted octanol–water partition coefficient (Wildman–Crippen LogP) is 3.63. The van der Waals surface area contributed by atoms with Crippen LogP contribution in [0.25, 0.3) is 0 Å². The first-order valence-electron chi connectivity index (χ1n) is 8.62. The van der Waals surface area contributed by atoms with Crippen LogP contribution in [-0.4, -0.2) is 22.4 Å². The molecule has 4 rings (SSSR count). The molecule has 1 aliphatic heterocycles. The summed E-state index contributed by atoms with van der Waals surface area (Å²) in [5, 5.41) is 8.76. The zero-order chi connectivity index (χ0) is 19.7. The van der Waals surface area contributed by atoms with Crippen molar-refractivity contribution >= 4 is 28.1 Å². The van der Waals surface area contributed by atoms with Crippen LogP contribution >= 0.6 is 0 Å². The van der Waals surface area contributed by atoms with E-state index in [2.05, 4.69) is 4.90 Å². The molecule has 1 atom stereocenters. The van der Waals surface area contributed by atoms with Crippen molar-refractivity contribution in [2.75, 3.05) is 12.0 Å². The van der Waals surface area contributed by atoms with Crippen molar-refractivity contribution in [1.82, 2.24) is 5.48 Å². The SMILES string of the molecule is COc1ccc2c(c1)N(Cc1ccc(C(=O)NO)cc1)c1ccccc1S2=O. The first-order chi connectivity index (χ1) is 13.6. The average Bonchev–Trinajstić information content (AvgIpc) is 2.76. The van der Waals surface area contributed by atoms with Gasteiger partial charge in [0.05, 0.1) is 39.1 Å². The van der Waals surface area contributed by atoms with Gasteiger partial charge in [0.2, 0.25) is 0 Å². The molecule has 28 heavy (non-hydrogen) atoms. The van der Waals surface area contributed by atoms with Crippen LogP contribution in [0.3, 0.4) is 0 Å². The molecular weight excluding hydrogens is 376 g/mol. The van der Waals surface area contributed by atoms with Gasteiger partial charge in [-0.25, -0.2) is 9.69 Å². The largest absolute Gasteiger partial charge is 0.497 e. The molecule has 2 N–H and O–H groups in total. The highest BCUT2D eigenvalue weighted by Crippen LogP contribution is 2.44. The van der Waals surface area contributed by atoms with Gasteiger partial charge in [-0.15, -0.1) is 0 Å². The Hall–Kier alpha value is -3.16. The molecule has 0 aromatic heterocycles. The number of nitrogens with one attached hydrogen (secondary N) is 1. The number of nitrogens with zero attached hydrogens (tertiary/aromatic N) is 1. The molecule has 1 unspecified atom stereocenters. The maximum Gasteiger partial charge on any atom is 0.274 e. The Morgan fingerprint density at radius 1 is 1.04 bits per heavy atom. The Morgan fingerprint density at radius 2 is 1.75 bits per heavy atom. The average molecular weight is 394 g/mol. The molecule has 0 fully saturated rings. The van der Waals surface area contributed by atoms with Crippen LogP contribution in [0, 0.1) is 0 Å². The van der Waals surface area contributed by atoms with Crippen LogP contribution in [0.4, 0.5) is 11.4 Å². The molecule has 142 valence electrons. The van der Waals surface area contributed by atoms with E-state index < -0.39 is 16.7 Å². The number of amides is 1. The van der Waals surface area contributed by atoms with Gasteiger partial charge >= 0.3 is 0 Å². The zero-order valence-electron chi connectivity index (χ0n) is 15.1. The number of hydroxylamine groups is 1. The minimum atomic E-state index is -1.27. The van der Waals surface area contributed by atoms with Gasteiger partial charge in [-0.2, -0.15) is 0 Å². The van der Waals surface area contributed by atoms with Crippen molar-refractivity contribution in [2.45, 2.75) is 16.3 Å². The van der Waals surface area contributed by atoms with Crippen LogP contribution in [0.15, 0.2) is 76.5 Å². The minimum absolute atomic E-state index is 0.369. The topological polar surface area (TPSA) is 78.9 Å². The van der Waals surface area contributed by atoms with E-state index in [4.69, 9.17) is 9.94 Å². The second kappa shape index (κ2) is 7.46. The van der Waals surface area contributed by atoms with E-state index in [-0.39, 0.29) is 0 Å². The van der Waals surface area contributed by atoms with E-state index in [0.717, 1.165) is 26.7 Å². The first kappa shape index (κ1) is 18.2. The number of carbonyl (C=O) groups excluding carboxylic acids is 1. The smallest absolute Gasteiger partial charge is 0.274 e. The second-order valence-corrected chi connectivity index (χ2v) is 7.71. The third-order valence-corrected chi connectivity index (χ3v) is 6.16. The number of rotatable bonds is 4. The van der Waals surface area contributed by atoms with Gasteiger partial charge in [0.15, 0.2) is 0 Å². The maximum absolute atomic E-state index is 13.0. The lowest BCUT2D eigenvalue weighted by Gasteiger charge is -2.33. The molecule has 0 saturated carbocycles. The van der Waals surface area contributed by atoms with Crippen LogP contribution in [-0.2, 0) is 17.3 Å². The van der Waals surface area contributed by atoms with E-state index in [1.165, 1.54) is 0 Å². The molecule has 1 aliphatic rings. The molecule has 7 heteroatoms. The lowest BCUT2D eigenvalue weighted by Crippen LogP contribution is -2.24. The third kappa shape index (κ3) is 3.15. The summed E-state index contributed by atoms with van der Waals surface area (Å²) in [6.45, 7) is 0.523.